The number of hydrogen-bond acceptors (Lipinski definition) is 6. The summed E-state index contributed by atoms with van der Waals surface area (Å²) in [6.45, 7) is 1.14. The molecule has 2 aromatic carbocycles. The average Bonchev–Trinajstić information content (AvgIpc) is 3.01. The normalized spacial score (nSPS) is 15.0. The van der Waals surface area contributed by atoms with Crippen molar-refractivity contribution in [2.24, 2.45) is 0 Å². The number of halogens is 1. The first-order valence-electron chi connectivity index (χ1n) is 9.18. The lowest BCUT2D eigenvalue weighted by Crippen LogP contribution is -2.29. The summed E-state index contributed by atoms with van der Waals surface area (Å²) in [5.41, 5.74) is 2.22. The molecule has 0 aliphatic carbocycles. The van der Waals surface area contributed by atoms with E-state index < -0.39 is 0 Å². The fourth-order valence-electron chi connectivity index (χ4n) is 2.85. The van der Waals surface area contributed by atoms with Crippen molar-refractivity contribution in [1.29, 1.82) is 5.26 Å². The molecule has 0 atom stereocenters. The van der Waals surface area contributed by atoms with Crippen LogP contribution in [0.25, 0.3) is 6.08 Å². The van der Waals surface area contributed by atoms with Gasteiger partial charge in [0.05, 0.1) is 20.1 Å². The molecule has 0 N–H and O–H groups in total. The Balaban J connectivity index is 1.69. The standard InChI is InChI=1S/C22H19IN2O4S/c1-28-10-4-9-25-21(26)20(30-22(25)27)12-15-7-8-19(18(23)11-15)29-14-17-6-3-2-5-16(17)13-24/h2-3,5-8,11-12H,4,9-10,14H2,1H3/b20-12+. The molecular weight excluding hydrogens is 515 g/mol. The molecule has 1 aliphatic rings. The van der Waals surface area contributed by atoms with E-state index in [1.54, 1.807) is 19.3 Å². The summed E-state index contributed by atoms with van der Waals surface area (Å²) in [4.78, 5) is 26.3. The number of amides is 2. The van der Waals surface area contributed by atoms with Crippen LogP contribution in [-0.4, -0.2) is 36.3 Å². The van der Waals surface area contributed by atoms with Crippen molar-refractivity contribution in [3.05, 3.63) is 67.6 Å². The highest BCUT2D eigenvalue weighted by atomic mass is 127. The summed E-state index contributed by atoms with van der Waals surface area (Å²) in [6.07, 6.45) is 2.33. The van der Waals surface area contributed by atoms with Crippen molar-refractivity contribution >= 4 is 51.6 Å². The van der Waals surface area contributed by atoms with Crippen LogP contribution in [0.1, 0.15) is 23.1 Å². The maximum atomic E-state index is 12.5. The molecule has 2 amide bonds. The van der Waals surface area contributed by atoms with Gasteiger partial charge in [0.1, 0.15) is 12.4 Å². The molecule has 1 aliphatic heterocycles. The Hall–Kier alpha value is -2.35. The largest absolute Gasteiger partial charge is 0.488 e. The molecular formula is C22H19IN2O4S. The number of benzene rings is 2. The van der Waals surface area contributed by atoms with Gasteiger partial charge >= 0.3 is 0 Å². The van der Waals surface area contributed by atoms with Crippen molar-refractivity contribution < 1.29 is 19.1 Å². The number of ether oxygens (including phenoxy) is 2. The molecule has 1 heterocycles. The SMILES string of the molecule is COCCCN1C(=O)S/C(=C/c2ccc(OCc3ccccc3C#N)c(I)c2)C1=O. The highest BCUT2D eigenvalue weighted by molar-refractivity contribution is 14.1. The maximum absolute atomic E-state index is 12.5. The third-order valence-corrected chi connectivity index (χ3v) is 6.13. The van der Waals surface area contributed by atoms with Crippen LogP contribution in [0.15, 0.2) is 47.4 Å². The fourth-order valence-corrected chi connectivity index (χ4v) is 4.41. The van der Waals surface area contributed by atoms with Gasteiger partial charge in [0.15, 0.2) is 0 Å². The van der Waals surface area contributed by atoms with Gasteiger partial charge in [0, 0.05) is 25.8 Å². The van der Waals surface area contributed by atoms with E-state index in [1.165, 1.54) is 4.90 Å². The van der Waals surface area contributed by atoms with E-state index in [4.69, 9.17) is 9.47 Å². The topological polar surface area (TPSA) is 79.6 Å². The Morgan fingerprint density at radius 3 is 2.77 bits per heavy atom. The van der Waals surface area contributed by atoms with Crippen LogP contribution >= 0.6 is 34.4 Å². The summed E-state index contributed by atoms with van der Waals surface area (Å²) in [6, 6.07) is 15.0. The minimum Gasteiger partial charge on any atom is -0.488 e. The minimum absolute atomic E-state index is 0.256. The highest BCUT2D eigenvalue weighted by Crippen LogP contribution is 2.33. The lowest BCUT2D eigenvalue weighted by atomic mass is 10.1. The summed E-state index contributed by atoms with van der Waals surface area (Å²) >= 11 is 3.12. The van der Waals surface area contributed by atoms with Crippen LogP contribution in [-0.2, 0) is 16.1 Å². The zero-order chi connectivity index (χ0) is 21.5. The van der Waals surface area contributed by atoms with Gasteiger partial charge < -0.3 is 9.47 Å². The van der Waals surface area contributed by atoms with Crippen LogP contribution < -0.4 is 4.74 Å². The molecule has 0 saturated carbocycles. The number of methoxy groups -OCH3 is 1. The van der Waals surface area contributed by atoms with Crippen LogP contribution in [0.3, 0.4) is 0 Å². The molecule has 1 fully saturated rings. The van der Waals surface area contributed by atoms with Gasteiger partial charge in [-0.3, -0.25) is 14.5 Å². The summed E-state index contributed by atoms with van der Waals surface area (Å²) in [5.74, 6) is 0.415. The number of thioether (sulfide) groups is 1. The number of hydrogen-bond donors (Lipinski definition) is 0. The van der Waals surface area contributed by atoms with Gasteiger partial charge in [0.25, 0.3) is 11.1 Å². The van der Waals surface area contributed by atoms with Gasteiger partial charge in [-0.1, -0.05) is 24.3 Å². The van der Waals surface area contributed by atoms with E-state index >= 15 is 0 Å². The zero-order valence-corrected chi connectivity index (χ0v) is 19.2. The Kier molecular flexibility index (Phi) is 7.90. The third kappa shape index (κ3) is 5.41. The lowest BCUT2D eigenvalue weighted by molar-refractivity contribution is -0.122. The molecule has 0 aromatic heterocycles. The van der Waals surface area contributed by atoms with Crippen molar-refractivity contribution in [3.8, 4) is 11.8 Å². The molecule has 0 bridgehead atoms. The first-order valence-corrected chi connectivity index (χ1v) is 11.1. The summed E-state index contributed by atoms with van der Waals surface area (Å²) in [7, 11) is 1.59. The van der Waals surface area contributed by atoms with E-state index in [0.717, 1.165) is 26.5 Å². The van der Waals surface area contributed by atoms with E-state index in [0.29, 0.717) is 42.4 Å². The van der Waals surface area contributed by atoms with Crippen LogP contribution in [0.4, 0.5) is 4.79 Å². The van der Waals surface area contributed by atoms with Crippen molar-refractivity contribution in [1.82, 2.24) is 4.90 Å². The van der Waals surface area contributed by atoms with Crippen LogP contribution in [0.2, 0.25) is 0 Å². The Bertz CT molecular complexity index is 1030. The quantitative estimate of drug-likeness (QED) is 0.275. The predicted octanol–water partition coefficient (Wildman–Crippen LogP) is 4.81. The Labute approximate surface area is 193 Å². The first-order chi connectivity index (χ1) is 14.5. The molecule has 30 heavy (non-hydrogen) atoms. The van der Waals surface area contributed by atoms with Crippen LogP contribution in [0, 0.1) is 14.9 Å². The molecule has 8 heteroatoms. The second-order valence-electron chi connectivity index (χ2n) is 6.43. The average molecular weight is 534 g/mol. The van der Waals surface area contributed by atoms with Crippen molar-refractivity contribution in [2.45, 2.75) is 13.0 Å². The van der Waals surface area contributed by atoms with Gasteiger partial charge in [-0.2, -0.15) is 5.26 Å². The molecule has 3 rings (SSSR count). The second kappa shape index (κ2) is 10.6. The molecule has 0 radical (unpaired) electrons. The Morgan fingerprint density at radius 1 is 1.23 bits per heavy atom. The van der Waals surface area contributed by atoms with Crippen LogP contribution in [0.5, 0.6) is 5.75 Å². The maximum Gasteiger partial charge on any atom is 0.293 e. The number of imide groups is 1. The fraction of sp³-hybridized carbons (Fsp3) is 0.227. The summed E-state index contributed by atoms with van der Waals surface area (Å²) in [5, 5.41) is 8.93. The smallest absolute Gasteiger partial charge is 0.293 e. The first kappa shape index (κ1) is 22.3. The molecule has 2 aromatic rings. The highest BCUT2D eigenvalue weighted by Gasteiger charge is 2.34. The zero-order valence-electron chi connectivity index (χ0n) is 16.3. The lowest BCUT2D eigenvalue weighted by Gasteiger charge is -2.11. The number of nitrogens with zero attached hydrogens (tertiary/aromatic N) is 2. The van der Waals surface area contributed by atoms with Crippen molar-refractivity contribution in [3.63, 3.8) is 0 Å². The van der Waals surface area contributed by atoms with Gasteiger partial charge in [-0.25, -0.2) is 0 Å². The number of carbonyl (C=O) groups is 2. The third-order valence-electron chi connectivity index (χ3n) is 4.38. The van der Waals surface area contributed by atoms with Crippen molar-refractivity contribution in [2.75, 3.05) is 20.3 Å². The van der Waals surface area contributed by atoms with E-state index in [1.807, 2.05) is 36.4 Å². The van der Waals surface area contributed by atoms with E-state index in [-0.39, 0.29) is 11.1 Å². The summed E-state index contributed by atoms with van der Waals surface area (Å²) < 4.78 is 11.7. The predicted molar refractivity (Wildman–Crippen MR) is 124 cm³/mol. The number of nitriles is 1. The minimum atomic E-state index is -0.274. The van der Waals surface area contributed by atoms with E-state index in [9.17, 15) is 14.9 Å². The number of carbonyl (C=O) groups excluding carboxylic acids is 2. The molecule has 0 spiro atoms. The van der Waals surface area contributed by atoms with Gasteiger partial charge in [0.2, 0.25) is 0 Å². The van der Waals surface area contributed by atoms with Gasteiger partial charge in [-0.05, 0) is 70.6 Å². The van der Waals surface area contributed by atoms with E-state index in [2.05, 4.69) is 28.7 Å². The molecule has 1 saturated heterocycles. The number of rotatable bonds is 8. The monoisotopic (exact) mass is 534 g/mol. The second-order valence-corrected chi connectivity index (χ2v) is 8.58. The van der Waals surface area contributed by atoms with Gasteiger partial charge in [-0.15, -0.1) is 0 Å². The molecule has 6 nitrogen and oxygen atoms in total. The molecule has 0 unspecified atom stereocenters. The Morgan fingerprint density at radius 2 is 2.03 bits per heavy atom. The molecule has 154 valence electrons.